The zero-order valence-electron chi connectivity index (χ0n) is 9.06. The van der Waals surface area contributed by atoms with Crippen LogP contribution in [0.25, 0.3) is 0 Å². The van der Waals surface area contributed by atoms with Gasteiger partial charge in [-0.15, -0.1) is 0 Å². The molecule has 0 saturated carbocycles. The molecule has 0 aliphatic heterocycles. The van der Waals surface area contributed by atoms with Crippen LogP contribution in [0.2, 0.25) is 0 Å². The minimum atomic E-state index is -0.372. The summed E-state index contributed by atoms with van der Waals surface area (Å²) in [5, 5.41) is 8.73. The van der Waals surface area contributed by atoms with E-state index < -0.39 is 0 Å². The first kappa shape index (κ1) is 11.4. The molecule has 0 bridgehead atoms. The highest BCUT2D eigenvalue weighted by Gasteiger charge is 2.05. The summed E-state index contributed by atoms with van der Waals surface area (Å²) in [4.78, 5) is 0. The zero-order valence-corrected chi connectivity index (χ0v) is 9.06. The predicted octanol–water partition coefficient (Wildman–Crippen LogP) is 2.77. The molecule has 0 radical (unpaired) electrons. The second-order valence-corrected chi connectivity index (χ2v) is 3.05. The Morgan fingerprint density at radius 1 is 1.20 bits per heavy atom. The van der Waals surface area contributed by atoms with Crippen molar-refractivity contribution in [1.82, 2.24) is 0 Å². The van der Waals surface area contributed by atoms with E-state index in [-0.39, 0.29) is 6.10 Å². The predicted molar refractivity (Wildman–Crippen MR) is 57.9 cm³/mol. The third-order valence-electron chi connectivity index (χ3n) is 1.93. The number of nitrogens with zero attached hydrogens (tertiary/aromatic N) is 1. The monoisotopic (exact) mass is 205 g/mol. The molecule has 1 aromatic carbocycles. The first-order chi connectivity index (χ1) is 7.30. The maximum Gasteiger partial charge on any atom is 0.184 e. The minimum absolute atomic E-state index is 0.372. The van der Waals surface area contributed by atoms with E-state index in [2.05, 4.69) is 6.07 Å². The van der Waals surface area contributed by atoms with Crippen molar-refractivity contribution in [3.05, 3.63) is 24.3 Å². The van der Waals surface area contributed by atoms with Crippen molar-refractivity contribution in [3.8, 4) is 17.6 Å². The van der Waals surface area contributed by atoms with E-state index in [0.29, 0.717) is 18.8 Å². The maximum absolute atomic E-state index is 8.73. The SMILES string of the molecule is CCOc1ccc(OC(C#N)CC)cc1. The van der Waals surface area contributed by atoms with Crippen molar-refractivity contribution in [2.45, 2.75) is 26.4 Å². The summed E-state index contributed by atoms with van der Waals surface area (Å²) in [5.74, 6) is 1.52. The van der Waals surface area contributed by atoms with Gasteiger partial charge in [0.2, 0.25) is 0 Å². The molecule has 1 rings (SSSR count). The van der Waals surface area contributed by atoms with E-state index in [1.165, 1.54) is 0 Å². The van der Waals surface area contributed by atoms with Crippen LogP contribution < -0.4 is 9.47 Å². The molecule has 0 aromatic heterocycles. The largest absolute Gasteiger partial charge is 0.494 e. The highest BCUT2D eigenvalue weighted by Crippen LogP contribution is 2.18. The van der Waals surface area contributed by atoms with Crippen molar-refractivity contribution >= 4 is 0 Å². The molecule has 0 spiro atoms. The van der Waals surface area contributed by atoms with Gasteiger partial charge in [0.1, 0.15) is 17.6 Å². The van der Waals surface area contributed by atoms with Gasteiger partial charge in [0, 0.05) is 0 Å². The van der Waals surface area contributed by atoms with Crippen LogP contribution in [0.4, 0.5) is 0 Å². The van der Waals surface area contributed by atoms with Gasteiger partial charge in [-0.25, -0.2) is 0 Å². The standard InChI is InChI=1S/C12H15NO2/c1-3-10(9-13)15-12-7-5-11(6-8-12)14-4-2/h5-8,10H,3-4H2,1-2H3. The average Bonchev–Trinajstić information content (AvgIpc) is 2.28. The molecule has 0 amide bonds. The Bertz CT molecular complexity index is 326. The van der Waals surface area contributed by atoms with Crippen molar-refractivity contribution in [2.24, 2.45) is 0 Å². The second-order valence-electron chi connectivity index (χ2n) is 3.05. The fraction of sp³-hybridized carbons (Fsp3) is 0.417. The number of hydrogen-bond donors (Lipinski definition) is 0. The second kappa shape index (κ2) is 5.92. The van der Waals surface area contributed by atoms with E-state index >= 15 is 0 Å². The molecular weight excluding hydrogens is 190 g/mol. The van der Waals surface area contributed by atoms with Crippen LogP contribution in [0.1, 0.15) is 20.3 Å². The molecule has 80 valence electrons. The third kappa shape index (κ3) is 3.51. The van der Waals surface area contributed by atoms with Crippen LogP contribution in [-0.4, -0.2) is 12.7 Å². The first-order valence-electron chi connectivity index (χ1n) is 5.09. The molecule has 3 nitrogen and oxygen atoms in total. The molecule has 0 aliphatic rings. The Balaban J connectivity index is 2.60. The lowest BCUT2D eigenvalue weighted by Gasteiger charge is -2.10. The summed E-state index contributed by atoms with van der Waals surface area (Å²) in [6.45, 7) is 4.51. The summed E-state index contributed by atoms with van der Waals surface area (Å²) in [6.07, 6.45) is 0.312. The van der Waals surface area contributed by atoms with Crippen molar-refractivity contribution in [3.63, 3.8) is 0 Å². The molecule has 1 aromatic rings. The zero-order chi connectivity index (χ0) is 11.1. The van der Waals surface area contributed by atoms with E-state index in [1.54, 1.807) is 0 Å². The fourth-order valence-electron chi connectivity index (χ4n) is 1.15. The van der Waals surface area contributed by atoms with Gasteiger partial charge < -0.3 is 9.47 Å². The number of nitriles is 1. The Hall–Kier alpha value is -1.69. The molecule has 0 fully saturated rings. The topological polar surface area (TPSA) is 42.2 Å². The molecule has 0 heterocycles. The van der Waals surface area contributed by atoms with Crippen LogP contribution >= 0.6 is 0 Å². The van der Waals surface area contributed by atoms with E-state index in [1.807, 2.05) is 38.1 Å². The van der Waals surface area contributed by atoms with Crippen LogP contribution in [0.15, 0.2) is 24.3 Å². The first-order valence-corrected chi connectivity index (χ1v) is 5.09. The van der Waals surface area contributed by atoms with Gasteiger partial charge in [-0.3, -0.25) is 0 Å². The number of ether oxygens (including phenoxy) is 2. The van der Waals surface area contributed by atoms with Gasteiger partial charge in [0.25, 0.3) is 0 Å². The van der Waals surface area contributed by atoms with E-state index in [9.17, 15) is 0 Å². The Morgan fingerprint density at radius 3 is 2.27 bits per heavy atom. The summed E-state index contributed by atoms with van der Waals surface area (Å²) < 4.78 is 10.7. The third-order valence-corrected chi connectivity index (χ3v) is 1.93. The molecule has 0 aliphatic carbocycles. The number of hydrogen-bond acceptors (Lipinski definition) is 3. The Kier molecular flexibility index (Phi) is 4.49. The minimum Gasteiger partial charge on any atom is -0.494 e. The summed E-state index contributed by atoms with van der Waals surface area (Å²) >= 11 is 0. The van der Waals surface area contributed by atoms with Crippen molar-refractivity contribution in [1.29, 1.82) is 5.26 Å². The maximum atomic E-state index is 8.73. The van der Waals surface area contributed by atoms with Gasteiger partial charge in [-0.2, -0.15) is 5.26 Å². The summed E-state index contributed by atoms with van der Waals surface area (Å²) in [7, 11) is 0. The van der Waals surface area contributed by atoms with Crippen molar-refractivity contribution < 1.29 is 9.47 Å². The smallest absolute Gasteiger partial charge is 0.184 e. The lowest BCUT2D eigenvalue weighted by Crippen LogP contribution is -2.11. The van der Waals surface area contributed by atoms with Gasteiger partial charge in [0.05, 0.1) is 6.61 Å². The van der Waals surface area contributed by atoms with Crippen molar-refractivity contribution in [2.75, 3.05) is 6.61 Å². The lowest BCUT2D eigenvalue weighted by molar-refractivity contribution is 0.251. The summed E-state index contributed by atoms with van der Waals surface area (Å²) in [6, 6.07) is 9.38. The average molecular weight is 205 g/mol. The molecule has 1 atom stereocenters. The molecule has 15 heavy (non-hydrogen) atoms. The van der Waals surface area contributed by atoms with E-state index in [4.69, 9.17) is 14.7 Å². The number of rotatable bonds is 5. The fourth-order valence-corrected chi connectivity index (χ4v) is 1.15. The van der Waals surface area contributed by atoms with Gasteiger partial charge >= 0.3 is 0 Å². The van der Waals surface area contributed by atoms with Gasteiger partial charge in [-0.05, 0) is 37.6 Å². The van der Waals surface area contributed by atoms with E-state index in [0.717, 1.165) is 5.75 Å². The Labute approximate surface area is 90.2 Å². The molecule has 0 N–H and O–H groups in total. The Morgan fingerprint density at radius 2 is 1.80 bits per heavy atom. The molecule has 3 heteroatoms. The quantitative estimate of drug-likeness (QED) is 0.742. The normalized spacial score (nSPS) is 11.5. The van der Waals surface area contributed by atoms with Crippen LogP contribution in [0, 0.1) is 11.3 Å². The summed E-state index contributed by atoms with van der Waals surface area (Å²) in [5.41, 5.74) is 0. The van der Waals surface area contributed by atoms with Crippen LogP contribution in [0.3, 0.4) is 0 Å². The highest BCUT2D eigenvalue weighted by atomic mass is 16.5. The number of benzene rings is 1. The van der Waals surface area contributed by atoms with Crippen LogP contribution in [-0.2, 0) is 0 Å². The van der Waals surface area contributed by atoms with Gasteiger partial charge in [-0.1, -0.05) is 6.92 Å². The molecular formula is C12H15NO2. The van der Waals surface area contributed by atoms with Crippen LogP contribution in [0.5, 0.6) is 11.5 Å². The molecule has 1 unspecified atom stereocenters. The van der Waals surface area contributed by atoms with Gasteiger partial charge in [0.15, 0.2) is 6.10 Å². The molecule has 0 saturated heterocycles. The highest BCUT2D eigenvalue weighted by molar-refractivity contribution is 5.31. The lowest BCUT2D eigenvalue weighted by atomic mass is 10.3.